The number of likely N-dealkylation sites (tertiary alicyclic amines) is 1. The molecule has 2 rings (SSSR count). The summed E-state index contributed by atoms with van der Waals surface area (Å²) in [6, 6.07) is 9.85. The molecule has 74 valence electrons. The van der Waals surface area contributed by atoms with E-state index >= 15 is 0 Å². The van der Waals surface area contributed by atoms with Crippen molar-refractivity contribution in [1.82, 2.24) is 4.90 Å². The van der Waals surface area contributed by atoms with E-state index in [4.69, 9.17) is 5.73 Å². The molecule has 0 aliphatic carbocycles. The SMILES string of the molecule is NC1CN(Cc2ccccc2)CC1=O. The Morgan fingerprint density at radius 1 is 1.36 bits per heavy atom. The molecule has 1 atom stereocenters. The molecule has 14 heavy (non-hydrogen) atoms. The molecule has 1 saturated heterocycles. The second-order valence-electron chi connectivity index (χ2n) is 3.73. The van der Waals surface area contributed by atoms with Crippen LogP contribution in [0, 0.1) is 0 Å². The van der Waals surface area contributed by atoms with Crippen LogP contribution in [0.4, 0.5) is 0 Å². The van der Waals surface area contributed by atoms with Gasteiger partial charge in [-0.1, -0.05) is 30.3 Å². The first kappa shape index (κ1) is 9.37. The number of hydrogen-bond acceptors (Lipinski definition) is 3. The zero-order valence-electron chi connectivity index (χ0n) is 8.02. The van der Waals surface area contributed by atoms with Crippen molar-refractivity contribution in [2.75, 3.05) is 13.1 Å². The van der Waals surface area contributed by atoms with Gasteiger partial charge in [0.1, 0.15) is 0 Å². The van der Waals surface area contributed by atoms with Crippen LogP contribution in [0.2, 0.25) is 0 Å². The quantitative estimate of drug-likeness (QED) is 0.734. The van der Waals surface area contributed by atoms with Crippen molar-refractivity contribution in [1.29, 1.82) is 0 Å². The van der Waals surface area contributed by atoms with Crippen molar-refractivity contribution in [2.24, 2.45) is 5.73 Å². The monoisotopic (exact) mass is 190 g/mol. The summed E-state index contributed by atoms with van der Waals surface area (Å²) in [6.07, 6.45) is 0. The normalized spacial score (nSPS) is 22.9. The Kier molecular flexibility index (Phi) is 2.61. The molecule has 3 nitrogen and oxygen atoms in total. The Bertz CT molecular complexity index is 323. The number of nitrogens with two attached hydrogens (primary N) is 1. The van der Waals surface area contributed by atoms with Gasteiger partial charge in [0.05, 0.1) is 12.6 Å². The van der Waals surface area contributed by atoms with Gasteiger partial charge in [0.25, 0.3) is 0 Å². The van der Waals surface area contributed by atoms with Crippen LogP contribution in [0.25, 0.3) is 0 Å². The fourth-order valence-electron chi connectivity index (χ4n) is 1.74. The lowest BCUT2D eigenvalue weighted by Gasteiger charge is -2.13. The van der Waals surface area contributed by atoms with Gasteiger partial charge in [-0.05, 0) is 5.56 Å². The third kappa shape index (κ3) is 2.00. The Labute approximate surface area is 83.5 Å². The van der Waals surface area contributed by atoms with Gasteiger partial charge in [0.2, 0.25) is 0 Å². The molecule has 1 aliphatic rings. The topological polar surface area (TPSA) is 46.3 Å². The minimum atomic E-state index is -0.279. The smallest absolute Gasteiger partial charge is 0.164 e. The van der Waals surface area contributed by atoms with Crippen molar-refractivity contribution >= 4 is 5.78 Å². The summed E-state index contributed by atoms with van der Waals surface area (Å²) in [7, 11) is 0. The minimum Gasteiger partial charge on any atom is -0.320 e. The molecule has 1 fully saturated rings. The van der Waals surface area contributed by atoms with E-state index < -0.39 is 0 Å². The number of ketones is 1. The van der Waals surface area contributed by atoms with Crippen molar-refractivity contribution < 1.29 is 4.79 Å². The average molecular weight is 190 g/mol. The molecular formula is C11H14N2O. The molecule has 0 radical (unpaired) electrons. The summed E-state index contributed by atoms with van der Waals surface area (Å²) < 4.78 is 0. The Balaban J connectivity index is 1.97. The molecule has 1 heterocycles. The lowest BCUT2D eigenvalue weighted by atomic mass is 10.2. The van der Waals surface area contributed by atoms with Crippen LogP contribution in [0.1, 0.15) is 5.56 Å². The largest absolute Gasteiger partial charge is 0.320 e. The van der Waals surface area contributed by atoms with Crippen molar-refractivity contribution in [3.63, 3.8) is 0 Å². The van der Waals surface area contributed by atoms with Gasteiger partial charge < -0.3 is 5.73 Å². The number of rotatable bonds is 2. The van der Waals surface area contributed by atoms with E-state index in [9.17, 15) is 4.79 Å². The number of benzene rings is 1. The van der Waals surface area contributed by atoms with E-state index in [0.717, 1.165) is 6.54 Å². The van der Waals surface area contributed by atoms with E-state index in [0.29, 0.717) is 13.1 Å². The maximum absolute atomic E-state index is 11.2. The molecule has 0 aromatic heterocycles. The molecular weight excluding hydrogens is 176 g/mol. The number of carbonyl (C=O) groups excluding carboxylic acids is 1. The van der Waals surface area contributed by atoms with Crippen LogP contribution in [0.15, 0.2) is 30.3 Å². The molecule has 1 aromatic rings. The molecule has 0 bridgehead atoms. The number of Topliss-reactive ketones (excluding diaryl/α,β-unsaturated/α-hetero) is 1. The summed E-state index contributed by atoms with van der Waals surface area (Å²) in [5.74, 6) is 0.154. The first-order chi connectivity index (χ1) is 6.75. The fraction of sp³-hybridized carbons (Fsp3) is 0.364. The highest BCUT2D eigenvalue weighted by atomic mass is 16.1. The van der Waals surface area contributed by atoms with Crippen LogP contribution in [0.3, 0.4) is 0 Å². The van der Waals surface area contributed by atoms with Gasteiger partial charge in [0.15, 0.2) is 5.78 Å². The lowest BCUT2D eigenvalue weighted by molar-refractivity contribution is -0.117. The van der Waals surface area contributed by atoms with Gasteiger partial charge in [-0.2, -0.15) is 0 Å². The van der Waals surface area contributed by atoms with Crippen molar-refractivity contribution in [3.8, 4) is 0 Å². The second kappa shape index (κ2) is 3.90. The molecule has 1 aliphatic heterocycles. The fourth-order valence-corrected chi connectivity index (χ4v) is 1.74. The van der Waals surface area contributed by atoms with E-state index in [1.165, 1.54) is 5.56 Å². The summed E-state index contributed by atoms with van der Waals surface area (Å²) in [5.41, 5.74) is 6.86. The van der Waals surface area contributed by atoms with E-state index in [1.54, 1.807) is 0 Å². The number of nitrogens with zero attached hydrogens (tertiary/aromatic N) is 1. The van der Waals surface area contributed by atoms with Crippen LogP contribution in [-0.4, -0.2) is 29.8 Å². The van der Waals surface area contributed by atoms with Gasteiger partial charge >= 0.3 is 0 Å². The number of hydrogen-bond donors (Lipinski definition) is 1. The predicted octanol–water partition coefficient (Wildman–Crippen LogP) is 0.399. The summed E-state index contributed by atoms with van der Waals surface area (Å²) >= 11 is 0. The minimum absolute atomic E-state index is 0.154. The summed E-state index contributed by atoms with van der Waals surface area (Å²) in [5, 5.41) is 0. The molecule has 1 aromatic carbocycles. The van der Waals surface area contributed by atoms with Crippen LogP contribution >= 0.6 is 0 Å². The van der Waals surface area contributed by atoms with E-state index in [-0.39, 0.29) is 11.8 Å². The van der Waals surface area contributed by atoms with Gasteiger partial charge in [0, 0.05) is 13.1 Å². The molecule has 2 N–H and O–H groups in total. The maximum atomic E-state index is 11.2. The standard InChI is InChI=1S/C11H14N2O/c12-10-7-13(8-11(10)14)6-9-4-2-1-3-5-9/h1-5,10H,6-8,12H2. The van der Waals surface area contributed by atoms with Crippen LogP contribution in [0.5, 0.6) is 0 Å². The van der Waals surface area contributed by atoms with Crippen molar-refractivity contribution in [2.45, 2.75) is 12.6 Å². The molecule has 3 heteroatoms. The summed E-state index contributed by atoms with van der Waals surface area (Å²) in [6.45, 7) is 2.00. The van der Waals surface area contributed by atoms with Crippen LogP contribution in [-0.2, 0) is 11.3 Å². The van der Waals surface area contributed by atoms with Crippen LogP contribution < -0.4 is 5.73 Å². The first-order valence-corrected chi connectivity index (χ1v) is 4.80. The van der Waals surface area contributed by atoms with Crippen molar-refractivity contribution in [3.05, 3.63) is 35.9 Å². The van der Waals surface area contributed by atoms with Gasteiger partial charge in [-0.25, -0.2) is 0 Å². The zero-order valence-corrected chi connectivity index (χ0v) is 8.02. The van der Waals surface area contributed by atoms with Gasteiger partial charge in [-0.15, -0.1) is 0 Å². The molecule has 1 unspecified atom stereocenters. The van der Waals surface area contributed by atoms with Gasteiger partial charge in [-0.3, -0.25) is 9.69 Å². The lowest BCUT2D eigenvalue weighted by Crippen LogP contribution is -2.29. The van der Waals surface area contributed by atoms with E-state index in [1.807, 2.05) is 18.2 Å². The highest BCUT2D eigenvalue weighted by Gasteiger charge is 2.27. The maximum Gasteiger partial charge on any atom is 0.164 e. The zero-order chi connectivity index (χ0) is 9.97. The van der Waals surface area contributed by atoms with E-state index in [2.05, 4.69) is 17.0 Å². The Hall–Kier alpha value is -1.19. The second-order valence-corrected chi connectivity index (χ2v) is 3.73. The Morgan fingerprint density at radius 3 is 2.64 bits per heavy atom. The molecule has 0 amide bonds. The number of carbonyl (C=O) groups is 1. The highest BCUT2D eigenvalue weighted by Crippen LogP contribution is 2.09. The molecule has 0 spiro atoms. The summed E-state index contributed by atoms with van der Waals surface area (Å²) in [4.78, 5) is 13.3. The first-order valence-electron chi connectivity index (χ1n) is 4.80. The highest BCUT2D eigenvalue weighted by molar-refractivity contribution is 5.87. The third-order valence-electron chi connectivity index (χ3n) is 2.50. The third-order valence-corrected chi connectivity index (χ3v) is 2.50. The average Bonchev–Trinajstić information content (AvgIpc) is 2.47. The predicted molar refractivity (Wildman–Crippen MR) is 54.7 cm³/mol. The molecule has 0 saturated carbocycles. The Morgan fingerprint density at radius 2 is 2.07 bits per heavy atom.